The minimum Gasteiger partial charge on any atom is -0.494 e. The Morgan fingerprint density at radius 1 is 1.35 bits per heavy atom. The van der Waals surface area contributed by atoms with E-state index in [1.165, 1.54) is 0 Å². The van der Waals surface area contributed by atoms with Gasteiger partial charge in [0.05, 0.1) is 6.61 Å². The zero-order chi connectivity index (χ0) is 12.3. The van der Waals surface area contributed by atoms with Gasteiger partial charge < -0.3 is 15.8 Å². The molecule has 90 valence electrons. The van der Waals surface area contributed by atoms with E-state index >= 15 is 0 Å². The van der Waals surface area contributed by atoms with Crippen molar-refractivity contribution in [2.75, 3.05) is 6.61 Å². The molecule has 1 heterocycles. The average molecular weight is 232 g/mol. The van der Waals surface area contributed by atoms with Crippen LogP contribution in [0.5, 0.6) is 5.75 Å². The van der Waals surface area contributed by atoms with Crippen molar-refractivity contribution in [3.05, 3.63) is 42.1 Å². The van der Waals surface area contributed by atoms with Gasteiger partial charge in [0.15, 0.2) is 0 Å². The van der Waals surface area contributed by atoms with Gasteiger partial charge in [-0.15, -0.1) is 0 Å². The summed E-state index contributed by atoms with van der Waals surface area (Å²) in [5, 5.41) is 2.98. The maximum absolute atomic E-state index is 6.12. The lowest BCUT2D eigenvalue weighted by Gasteiger charge is -2.28. The summed E-state index contributed by atoms with van der Waals surface area (Å²) in [6, 6.07) is 7.46. The van der Waals surface area contributed by atoms with Crippen molar-refractivity contribution in [3.63, 3.8) is 0 Å². The molecule has 1 atom stereocenters. The minimum atomic E-state index is -0.996. The van der Waals surface area contributed by atoms with Crippen molar-refractivity contribution in [1.82, 2.24) is 5.32 Å². The Kier molecular flexibility index (Phi) is 3.01. The number of nitrogens with one attached hydrogen (secondary N) is 1. The molecule has 1 aromatic carbocycles. The Balaban J connectivity index is 2.25. The maximum atomic E-state index is 6.12. The van der Waals surface area contributed by atoms with Gasteiger partial charge in [0.2, 0.25) is 5.79 Å². The third-order valence-corrected chi connectivity index (χ3v) is 2.47. The number of nitrogens with zero attached hydrogens (tertiary/aromatic N) is 1. The van der Waals surface area contributed by atoms with Crippen LogP contribution in [0.25, 0.3) is 0 Å². The Labute approximate surface area is 100 Å². The summed E-state index contributed by atoms with van der Waals surface area (Å²) in [7, 11) is 0. The molecule has 5 nitrogen and oxygen atoms in total. The van der Waals surface area contributed by atoms with Crippen molar-refractivity contribution < 1.29 is 4.74 Å². The number of hydrogen-bond acceptors (Lipinski definition) is 5. The summed E-state index contributed by atoms with van der Waals surface area (Å²) in [6.07, 6.45) is 3.36. The van der Waals surface area contributed by atoms with Gasteiger partial charge in [0, 0.05) is 11.8 Å². The maximum Gasteiger partial charge on any atom is 0.211 e. The molecule has 5 heteroatoms. The summed E-state index contributed by atoms with van der Waals surface area (Å²) in [5.74, 6) is 0.215. The molecule has 1 aliphatic heterocycles. The van der Waals surface area contributed by atoms with Crippen LogP contribution >= 0.6 is 0 Å². The second-order valence-electron chi connectivity index (χ2n) is 3.74. The monoisotopic (exact) mass is 232 g/mol. The van der Waals surface area contributed by atoms with E-state index in [0.29, 0.717) is 12.4 Å². The first-order valence-corrected chi connectivity index (χ1v) is 5.46. The fraction of sp³-hybridized carbons (Fsp3) is 0.250. The van der Waals surface area contributed by atoms with E-state index in [1.807, 2.05) is 31.2 Å². The van der Waals surface area contributed by atoms with Crippen LogP contribution in [0.4, 0.5) is 0 Å². The minimum absolute atomic E-state index is 0.403. The van der Waals surface area contributed by atoms with Crippen molar-refractivity contribution in [1.29, 1.82) is 0 Å². The molecule has 0 bridgehead atoms. The van der Waals surface area contributed by atoms with Crippen molar-refractivity contribution in [2.24, 2.45) is 16.5 Å². The molecule has 17 heavy (non-hydrogen) atoms. The fourth-order valence-corrected chi connectivity index (χ4v) is 1.65. The molecule has 0 fully saturated rings. The lowest BCUT2D eigenvalue weighted by Crippen LogP contribution is -2.49. The molecule has 5 N–H and O–H groups in total. The second-order valence-corrected chi connectivity index (χ2v) is 3.74. The Morgan fingerprint density at radius 3 is 2.65 bits per heavy atom. The highest BCUT2D eigenvalue weighted by Gasteiger charge is 2.26. The van der Waals surface area contributed by atoms with E-state index in [1.54, 1.807) is 12.3 Å². The Morgan fingerprint density at radius 2 is 2.06 bits per heavy atom. The molecular formula is C12H16N4O. The van der Waals surface area contributed by atoms with Crippen LogP contribution in [0.15, 0.2) is 41.5 Å². The van der Waals surface area contributed by atoms with Crippen LogP contribution in [0.3, 0.4) is 0 Å². The molecule has 0 saturated heterocycles. The quantitative estimate of drug-likeness (QED) is 0.713. The molecule has 1 unspecified atom stereocenters. The van der Waals surface area contributed by atoms with Crippen LogP contribution in [0.1, 0.15) is 12.5 Å². The van der Waals surface area contributed by atoms with E-state index in [4.69, 9.17) is 16.2 Å². The van der Waals surface area contributed by atoms with Gasteiger partial charge in [-0.25, -0.2) is 4.99 Å². The smallest absolute Gasteiger partial charge is 0.211 e. The average Bonchev–Trinajstić information content (AvgIpc) is 2.30. The summed E-state index contributed by atoms with van der Waals surface area (Å²) in [6.45, 7) is 2.58. The number of amidine groups is 1. The lowest BCUT2D eigenvalue weighted by molar-refractivity contribution is 0.339. The molecular weight excluding hydrogens is 216 g/mol. The number of ether oxygens (including phenoxy) is 1. The summed E-state index contributed by atoms with van der Waals surface area (Å²) >= 11 is 0. The second kappa shape index (κ2) is 4.47. The number of aliphatic imine (C=N–C) groups is 1. The predicted molar refractivity (Wildman–Crippen MR) is 67.4 cm³/mol. The van der Waals surface area contributed by atoms with Gasteiger partial charge >= 0.3 is 0 Å². The molecule has 1 aliphatic rings. The molecule has 0 aromatic heterocycles. The SMILES string of the molecule is CCOc1ccc(C2(N)N=C(N)C=CN2)cc1. The van der Waals surface area contributed by atoms with Crippen LogP contribution in [-0.4, -0.2) is 12.4 Å². The van der Waals surface area contributed by atoms with Gasteiger partial charge in [-0.3, -0.25) is 5.73 Å². The number of rotatable bonds is 3. The van der Waals surface area contributed by atoms with Crippen molar-refractivity contribution in [2.45, 2.75) is 12.7 Å². The highest BCUT2D eigenvalue weighted by atomic mass is 16.5. The summed E-state index contributed by atoms with van der Waals surface area (Å²) < 4.78 is 5.37. The molecule has 0 radical (unpaired) electrons. The summed E-state index contributed by atoms with van der Waals surface area (Å²) in [4.78, 5) is 4.19. The summed E-state index contributed by atoms with van der Waals surface area (Å²) in [5.41, 5.74) is 12.6. The number of benzene rings is 1. The molecule has 0 aliphatic carbocycles. The first kappa shape index (κ1) is 11.5. The highest BCUT2D eigenvalue weighted by molar-refractivity contribution is 5.92. The van der Waals surface area contributed by atoms with E-state index in [9.17, 15) is 0 Å². The lowest BCUT2D eigenvalue weighted by atomic mass is 10.1. The van der Waals surface area contributed by atoms with E-state index < -0.39 is 5.79 Å². The van der Waals surface area contributed by atoms with Crippen LogP contribution < -0.4 is 21.5 Å². The standard InChI is InChI=1S/C12H16N4O/c1-2-17-10-5-3-9(4-6-10)12(14)15-8-7-11(13)16-12/h3-8,15H,2,14H2,1H3,(H2,13,16). The Bertz CT molecular complexity index is 452. The Hall–Kier alpha value is -2.01. The predicted octanol–water partition coefficient (Wildman–Crippen LogP) is 0.628. The van der Waals surface area contributed by atoms with E-state index in [-0.39, 0.29) is 0 Å². The topological polar surface area (TPSA) is 85.7 Å². The molecule has 0 spiro atoms. The van der Waals surface area contributed by atoms with Gasteiger partial charge in [-0.2, -0.15) is 0 Å². The zero-order valence-corrected chi connectivity index (χ0v) is 9.68. The van der Waals surface area contributed by atoms with E-state index in [0.717, 1.165) is 11.3 Å². The molecule has 1 aromatic rings. The highest BCUT2D eigenvalue weighted by Crippen LogP contribution is 2.22. The number of nitrogens with two attached hydrogens (primary N) is 2. The third kappa shape index (κ3) is 2.39. The van der Waals surface area contributed by atoms with Crippen LogP contribution in [0, 0.1) is 0 Å². The first-order chi connectivity index (χ1) is 8.14. The first-order valence-electron chi connectivity index (χ1n) is 5.46. The third-order valence-electron chi connectivity index (χ3n) is 2.47. The normalized spacial score (nSPS) is 22.8. The zero-order valence-electron chi connectivity index (χ0n) is 9.68. The van der Waals surface area contributed by atoms with Crippen LogP contribution in [-0.2, 0) is 5.79 Å². The van der Waals surface area contributed by atoms with Gasteiger partial charge in [-0.05, 0) is 37.3 Å². The van der Waals surface area contributed by atoms with Gasteiger partial charge in [0.25, 0.3) is 0 Å². The van der Waals surface area contributed by atoms with Crippen LogP contribution in [0.2, 0.25) is 0 Å². The fourth-order valence-electron chi connectivity index (χ4n) is 1.65. The molecule has 2 rings (SSSR count). The molecule has 0 amide bonds. The van der Waals surface area contributed by atoms with E-state index in [2.05, 4.69) is 10.3 Å². The number of hydrogen-bond donors (Lipinski definition) is 3. The van der Waals surface area contributed by atoms with Crippen molar-refractivity contribution in [3.8, 4) is 5.75 Å². The van der Waals surface area contributed by atoms with Gasteiger partial charge in [0.1, 0.15) is 11.6 Å². The molecule has 0 saturated carbocycles. The largest absolute Gasteiger partial charge is 0.494 e. The van der Waals surface area contributed by atoms with Gasteiger partial charge in [-0.1, -0.05) is 0 Å². The van der Waals surface area contributed by atoms with Crippen molar-refractivity contribution >= 4 is 5.84 Å².